The Morgan fingerprint density at radius 3 is 2.64 bits per heavy atom. The zero-order valence-electron chi connectivity index (χ0n) is 13.6. The van der Waals surface area contributed by atoms with Gasteiger partial charge < -0.3 is 10.1 Å². The summed E-state index contributed by atoms with van der Waals surface area (Å²) in [4.78, 5) is 20.7. The minimum absolute atomic E-state index is 0.202. The lowest BCUT2D eigenvalue weighted by Gasteiger charge is -2.07. The van der Waals surface area contributed by atoms with Gasteiger partial charge in [0.15, 0.2) is 0 Å². The number of nitrogens with one attached hydrogen (secondary N) is 1. The number of methoxy groups -OCH3 is 1. The van der Waals surface area contributed by atoms with E-state index < -0.39 is 0 Å². The van der Waals surface area contributed by atoms with Crippen molar-refractivity contribution in [3.63, 3.8) is 0 Å². The predicted molar refractivity (Wildman–Crippen MR) is 96.6 cm³/mol. The lowest BCUT2D eigenvalue weighted by molar-refractivity contribution is 0.0950. The second-order valence-corrected chi connectivity index (χ2v) is 5.75. The van der Waals surface area contributed by atoms with Crippen molar-refractivity contribution < 1.29 is 9.53 Å². The van der Waals surface area contributed by atoms with Crippen LogP contribution in [0.15, 0.2) is 60.9 Å². The van der Waals surface area contributed by atoms with E-state index >= 15 is 0 Å². The highest BCUT2D eigenvalue weighted by atomic mass is 35.5. The van der Waals surface area contributed by atoms with E-state index in [9.17, 15) is 4.79 Å². The molecule has 0 bridgehead atoms. The summed E-state index contributed by atoms with van der Waals surface area (Å²) in [5.74, 6) is 0.582. The standard InChI is InChI=1S/C19H16ClN3O2/c1-25-17-7-5-13(6-8-17)18-10-16(22-12-23-18)11-21-19(24)14-3-2-4-15(20)9-14/h2-10,12H,11H2,1H3,(H,21,24). The molecule has 0 saturated carbocycles. The van der Waals surface area contributed by atoms with Gasteiger partial charge in [0.2, 0.25) is 0 Å². The molecule has 3 aromatic rings. The van der Waals surface area contributed by atoms with Gasteiger partial charge >= 0.3 is 0 Å². The molecule has 1 N–H and O–H groups in total. The number of halogens is 1. The third-order valence-corrected chi connectivity index (χ3v) is 3.86. The topological polar surface area (TPSA) is 64.1 Å². The zero-order chi connectivity index (χ0) is 17.6. The lowest BCUT2D eigenvalue weighted by Crippen LogP contribution is -2.23. The van der Waals surface area contributed by atoms with Crippen LogP contribution >= 0.6 is 11.6 Å². The first-order valence-corrected chi connectivity index (χ1v) is 8.02. The smallest absolute Gasteiger partial charge is 0.251 e. The molecule has 0 aliphatic carbocycles. The molecule has 5 nitrogen and oxygen atoms in total. The van der Waals surface area contributed by atoms with Gasteiger partial charge in [0, 0.05) is 16.1 Å². The Morgan fingerprint density at radius 1 is 1.12 bits per heavy atom. The van der Waals surface area contributed by atoms with Crippen molar-refractivity contribution in [1.29, 1.82) is 0 Å². The van der Waals surface area contributed by atoms with E-state index in [-0.39, 0.29) is 5.91 Å². The Hall–Kier alpha value is -2.92. The van der Waals surface area contributed by atoms with Gasteiger partial charge in [0.25, 0.3) is 5.91 Å². The van der Waals surface area contributed by atoms with E-state index in [0.29, 0.717) is 17.1 Å². The summed E-state index contributed by atoms with van der Waals surface area (Å²) in [5.41, 5.74) is 2.96. The number of ether oxygens (including phenoxy) is 1. The summed E-state index contributed by atoms with van der Waals surface area (Å²) in [6, 6.07) is 16.2. The Labute approximate surface area is 150 Å². The van der Waals surface area contributed by atoms with Crippen LogP contribution in [0.25, 0.3) is 11.3 Å². The maximum atomic E-state index is 12.2. The number of aromatic nitrogens is 2. The Morgan fingerprint density at radius 2 is 1.92 bits per heavy atom. The number of nitrogens with zero attached hydrogens (tertiary/aromatic N) is 2. The Bertz CT molecular complexity index is 882. The SMILES string of the molecule is COc1ccc(-c2cc(CNC(=O)c3cccc(Cl)c3)ncn2)cc1. The van der Waals surface area contributed by atoms with Gasteiger partial charge in [-0.25, -0.2) is 9.97 Å². The summed E-state index contributed by atoms with van der Waals surface area (Å²) in [7, 11) is 1.63. The number of carbonyl (C=O) groups excluding carboxylic acids is 1. The second-order valence-electron chi connectivity index (χ2n) is 5.32. The van der Waals surface area contributed by atoms with Crippen molar-refractivity contribution in [2.24, 2.45) is 0 Å². The van der Waals surface area contributed by atoms with Gasteiger partial charge in [-0.15, -0.1) is 0 Å². The molecular formula is C19H16ClN3O2. The first-order valence-electron chi connectivity index (χ1n) is 7.65. The fraction of sp³-hybridized carbons (Fsp3) is 0.105. The molecule has 126 valence electrons. The van der Waals surface area contributed by atoms with Crippen LogP contribution in [0.3, 0.4) is 0 Å². The van der Waals surface area contributed by atoms with Crippen molar-refractivity contribution in [2.75, 3.05) is 7.11 Å². The van der Waals surface area contributed by atoms with E-state index in [4.69, 9.17) is 16.3 Å². The molecule has 0 saturated heterocycles. The molecule has 0 aliphatic heterocycles. The normalized spacial score (nSPS) is 10.3. The van der Waals surface area contributed by atoms with Crippen molar-refractivity contribution in [3.8, 4) is 17.0 Å². The average Bonchev–Trinajstić information content (AvgIpc) is 2.66. The number of carbonyl (C=O) groups is 1. The number of benzene rings is 2. The average molecular weight is 354 g/mol. The van der Waals surface area contributed by atoms with Crippen LogP contribution in [0.2, 0.25) is 5.02 Å². The Balaban J connectivity index is 1.70. The summed E-state index contributed by atoms with van der Waals surface area (Å²) in [5, 5.41) is 3.36. The maximum Gasteiger partial charge on any atom is 0.251 e. The molecule has 0 atom stereocenters. The van der Waals surface area contributed by atoms with Crippen LogP contribution in [0.1, 0.15) is 16.1 Å². The van der Waals surface area contributed by atoms with Crippen molar-refractivity contribution >= 4 is 17.5 Å². The molecule has 25 heavy (non-hydrogen) atoms. The fourth-order valence-corrected chi connectivity index (χ4v) is 2.51. The summed E-state index contributed by atoms with van der Waals surface area (Å²) in [6.07, 6.45) is 1.49. The molecule has 3 rings (SSSR count). The van der Waals surface area contributed by atoms with E-state index in [0.717, 1.165) is 22.7 Å². The highest BCUT2D eigenvalue weighted by molar-refractivity contribution is 6.30. The van der Waals surface area contributed by atoms with Crippen molar-refractivity contribution in [2.45, 2.75) is 6.54 Å². The van der Waals surface area contributed by atoms with Crippen molar-refractivity contribution in [1.82, 2.24) is 15.3 Å². The van der Waals surface area contributed by atoms with Crippen LogP contribution < -0.4 is 10.1 Å². The molecule has 1 aromatic heterocycles. The van der Waals surface area contributed by atoms with Gasteiger partial charge in [-0.3, -0.25) is 4.79 Å². The summed E-state index contributed by atoms with van der Waals surface area (Å²) >= 11 is 5.91. The minimum Gasteiger partial charge on any atom is -0.497 e. The number of rotatable bonds is 5. The summed E-state index contributed by atoms with van der Waals surface area (Å²) in [6.45, 7) is 0.303. The molecule has 0 fully saturated rings. The molecule has 0 radical (unpaired) electrons. The molecule has 6 heteroatoms. The van der Waals surface area contributed by atoms with Gasteiger partial charge in [-0.2, -0.15) is 0 Å². The first kappa shape index (κ1) is 16.9. The minimum atomic E-state index is -0.202. The quantitative estimate of drug-likeness (QED) is 0.759. The number of amides is 1. The highest BCUT2D eigenvalue weighted by Crippen LogP contribution is 2.20. The van der Waals surface area contributed by atoms with E-state index in [2.05, 4.69) is 15.3 Å². The van der Waals surface area contributed by atoms with E-state index in [1.54, 1.807) is 31.4 Å². The molecular weight excluding hydrogens is 338 g/mol. The lowest BCUT2D eigenvalue weighted by atomic mass is 10.1. The fourth-order valence-electron chi connectivity index (χ4n) is 2.32. The van der Waals surface area contributed by atoms with Gasteiger partial charge in [-0.1, -0.05) is 17.7 Å². The van der Waals surface area contributed by atoms with E-state index in [1.165, 1.54) is 6.33 Å². The van der Waals surface area contributed by atoms with Crippen LogP contribution in [0, 0.1) is 0 Å². The van der Waals surface area contributed by atoms with Crippen LogP contribution in [-0.2, 0) is 6.54 Å². The zero-order valence-corrected chi connectivity index (χ0v) is 14.3. The highest BCUT2D eigenvalue weighted by Gasteiger charge is 2.07. The molecule has 1 heterocycles. The maximum absolute atomic E-state index is 12.2. The number of hydrogen-bond donors (Lipinski definition) is 1. The molecule has 1 amide bonds. The molecule has 0 aliphatic rings. The predicted octanol–water partition coefficient (Wildman–Crippen LogP) is 3.74. The van der Waals surface area contributed by atoms with Crippen LogP contribution in [-0.4, -0.2) is 23.0 Å². The van der Waals surface area contributed by atoms with Crippen molar-refractivity contribution in [3.05, 3.63) is 77.2 Å². The first-order chi connectivity index (χ1) is 12.2. The monoisotopic (exact) mass is 353 g/mol. The van der Waals surface area contributed by atoms with Crippen LogP contribution in [0.5, 0.6) is 5.75 Å². The van der Waals surface area contributed by atoms with Crippen LogP contribution in [0.4, 0.5) is 0 Å². The largest absolute Gasteiger partial charge is 0.497 e. The Kier molecular flexibility index (Phi) is 5.26. The summed E-state index contributed by atoms with van der Waals surface area (Å²) < 4.78 is 5.15. The second kappa shape index (κ2) is 7.77. The number of hydrogen-bond acceptors (Lipinski definition) is 4. The molecule has 2 aromatic carbocycles. The molecule has 0 unspecified atom stereocenters. The van der Waals surface area contributed by atoms with Gasteiger partial charge in [0.05, 0.1) is 25.0 Å². The van der Waals surface area contributed by atoms with Gasteiger partial charge in [-0.05, 0) is 48.5 Å². The van der Waals surface area contributed by atoms with Gasteiger partial charge in [0.1, 0.15) is 12.1 Å². The third-order valence-electron chi connectivity index (χ3n) is 3.63. The van der Waals surface area contributed by atoms with E-state index in [1.807, 2.05) is 30.3 Å². The molecule has 0 spiro atoms. The third kappa shape index (κ3) is 4.33.